The molecule has 118 valence electrons. The Morgan fingerprint density at radius 1 is 1.45 bits per heavy atom. The number of hydrogen-bond donors (Lipinski definition) is 1. The van der Waals surface area contributed by atoms with Crippen LogP contribution in [0.1, 0.15) is 26.2 Å². The SMILES string of the molecule is CC(CC#N)N(C)C(=O)Nc1cc(F)cc(N2CCCC2)c1. The van der Waals surface area contributed by atoms with Crippen LogP contribution in [0.15, 0.2) is 18.2 Å². The molecular weight excluding hydrogens is 283 g/mol. The summed E-state index contributed by atoms with van der Waals surface area (Å²) in [4.78, 5) is 15.7. The van der Waals surface area contributed by atoms with Gasteiger partial charge < -0.3 is 15.1 Å². The van der Waals surface area contributed by atoms with Crippen molar-refractivity contribution in [3.05, 3.63) is 24.0 Å². The van der Waals surface area contributed by atoms with Crippen molar-refractivity contribution in [1.29, 1.82) is 5.26 Å². The largest absolute Gasteiger partial charge is 0.371 e. The summed E-state index contributed by atoms with van der Waals surface area (Å²) >= 11 is 0. The van der Waals surface area contributed by atoms with Crippen molar-refractivity contribution in [3.8, 4) is 6.07 Å². The molecule has 5 nitrogen and oxygen atoms in total. The second-order valence-electron chi connectivity index (χ2n) is 5.64. The van der Waals surface area contributed by atoms with Crippen LogP contribution >= 0.6 is 0 Å². The second-order valence-corrected chi connectivity index (χ2v) is 5.64. The topological polar surface area (TPSA) is 59.4 Å². The van der Waals surface area contributed by atoms with Gasteiger partial charge in [0, 0.05) is 37.6 Å². The zero-order chi connectivity index (χ0) is 16.1. The molecule has 0 aliphatic carbocycles. The number of nitriles is 1. The van der Waals surface area contributed by atoms with E-state index in [0.29, 0.717) is 5.69 Å². The van der Waals surface area contributed by atoms with E-state index in [4.69, 9.17) is 5.26 Å². The molecule has 1 saturated heterocycles. The Balaban J connectivity index is 2.09. The maximum atomic E-state index is 13.8. The van der Waals surface area contributed by atoms with Gasteiger partial charge >= 0.3 is 6.03 Å². The quantitative estimate of drug-likeness (QED) is 0.929. The third kappa shape index (κ3) is 3.88. The van der Waals surface area contributed by atoms with Gasteiger partial charge in [0.25, 0.3) is 0 Å². The van der Waals surface area contributed by atoms with Crippen LogP contribution in [-0.2, 0) is 0 Å². The van der Waals surface area contributed by atoms with Gasteiger partial charge in [-0.3, -0.25) is 0 Å². The first-order chi connectivity index (χ1) is 10.5. The minimum atomic E-state index is -0.368. The van der Waals surface area contributed by atoms with E-state index in [1.54, 1.807) is 20.0 Å². The van der Waals surface area contributed by atoms with Crippen LogP contribution in [0.4, 0.5) is 20.6 Å². The van der Waals surface area contributed by atoms with Gasteiger partial charge in [0.15, 0.2) is 0 Å². The number of halogens is 1. The van der Waals surface area contributed by atoms with Crippen molar-refractivity contribution in [2.45, 2.75) is 32.2 Å². The molecule has 1 heterocycles. The van der Waals surface area contributed by atoms with Crippen LogP contribution in [-0.4, -0.2) is 37.1 Å². The zero-order valence-corrected chi connectivity index (χ0v) is 13.0. The molecule has 1 aliphatic rings. The number of urea groups is 1. The van der Waals surface area contributed by atoms with Crippen LogP contribution in [0.2, 0.25) is 0 Å². The third-order valence-electron chi connectivity index (χ3n) is 3.97. The minimum Gasteiger partial charge on any atom is -0.371 e. The number of nitrogens with zero attached hydrogens (tertiary/aromatic N) is 3. The Kier molecular flexibility index (Phi) is 5.21. The van der Waals surface area contributed by atoms with Gasteiger partial charge in [-0.2, -0.15) is 5.26 Å². The lowest BCUT2D eigenvalue weighted by Gasteiger charge is -2.24. The van der Waals surface area contributed by atoms with E-state index in [-0.39, 0.29) is 24.3 Å². The molecule has 0 aromatic heterocycles. The summed E-state index contributed by atoms with van der Waals surface area (Å²) in [5, 5.41) is 11.4. The molecule has 1 fully saturated rings. The molecule has 2 rings (SSSR count). The highest BCUT2D eigenvalue weighted by molar-refractivity contribution is 5.90. The number of amides is 2. The van der Waals surface area contributed by atoms with Gasteiger partial charge in [-0.1, -0.05) is 0 Å². The van der Waals surface area contributed by atoms with E-state index in [9.17, 15) is 9.18 Å². The predicted octanol–water partition coefficient (Wildman–Crippen LogP) is 3.19. The lowest BCUT2D eigenvalue weighted by Crippen LogP contribution is -2.38. The molecule has 0 radical (unpaired) electrons. The molecule has 0 saturated carbocycles. The average molecular weight is 304 g/mol. The predicted molar refractivity (Wildman–Crippen MR) is 84.3 cm³/mol. The first-order valence-electron chi connectivity index (χ1n) is 7.47. The van der Waals surface area contributed by atoms with Crippen molar-refractivity contribution in [1.82, 2.24) is 4.90 Å². The Bertz CT molecular complexity index is 578. The summed E-state index contributed by atoms with van der Waals surface area (Å²) in [6.45, 7) is 3.62. The van der Waals surface area contributed by atoms with Gasteiger partial charge in [-0.15, -0.1) is 0 Å². The fourth-order valence-electron chi connectivity index (χ4n) is 2.49. The molecule has 1 unspecified atom stereocenters. The van der Waals surface area contributed by atoms with E-state index >= 15 is 0 Å². The first kappa shape index (κ1) is 16.1. The molecule has 1 N–H and O–H groups in total. The lowest BCUT2D eigenvalue weighted by atomic mass is 10.2. The van der Waals surface area contributed by atoms with Gasteiger partial charge in [-0.05, 0) is 38.0 Å². The lowest BCUT2D eigenvalue weighted by molar-refractivity contribution is 0.208. The number of hydrogen-bond acceptors (Lipinski definition) is 3. The molecule has 0 bridgehead atoms. The molecule has 22 heavy (non-hydrogen) atoms. The second kappa shape index (κ2) is 7.12. The number of nitrogens with one attached hydrogen (secondary N) is 1. The van der Waals surface area contributed by atoms with Crippen molar-refractivity contribution in [2.75, 3.05) is 30.4 Å². The van der Waals surface area contributed by atoms with Crippen LogP contribution in [0, 0.1) is 17.1 Å². The number of carbonyl (C=O) groups is 1. The summed E-state index contributed by atoms with van der Waals surface area (Å²) < 4.78 is 13.8. The van der Waals surface area contributed by atoms with Crippen molar-refractivity contribution in [3.63, 3.8) is 0 Å². The third-order valence-corrected chi connectivity index (χ3v) is 3.97. The van der Waals surface area contributed by atoms with Crippen molar-refractivity contribution >= 4 is 17.4 Å². The normalized spacial score (nSPS) is 15.3. The highest BCUT2D eigenvalue weighted by Crippen LogP contribution is 2.25. The fourth-order valence-corrected chi connectivity index (χ4v) is 2.49. The zero-order valence-electron chi connectivity index (χ0n) is 13.0. The number of carbonyl (C=O) groups excluding carboxylic acids is 1. The van der Waals surface area contributed by atoms with Crippen LogP contribution < -0.4 is 10.2 Å². The number of anilines is 2. The fraction of sp³-hybridized carbons (Fsp3) is 0.500. The number of benzene rings is 1. The molecule has 2 amide bonds. The van der Waals surface area contributed by atoms with E-state index in [2.05, 4.69) is 10.2 Å². The molecule has 1 atom stereocenters. The van der Waals surface area contributed by atoms with Gasteiger partial charge in [-0.25, -0.2) is 9.18 Å². The van der Waals surface area contributed by atoms with Gasteiger partial charge in [0.2, 0.25) is 0 Å². The molecule has 1 aliphatic heterocycles. The molecule has 1 aromatic rings. The van der Waals surface area contributed by atoms with Crippen LogP contribution in [0.25, 0.3) is 0 Å². The highest BCUT2D eigenvalue weighted by Gasteiger charge is 2.18. The van der Waals surface area contributed by atoms with E-state index in [1.165, 1.54) is 17.0 Å². The monoisotopic (exact) mass is 304 g/mol. The Labute approximate surface area is 130 Å². The Hall–Kier alpha value is -2.29. The van der Waals surface area contributed by atoms with E-state index in [1.807, 2.05) is 6.07 Å². The summed E-state index contributed by atoms with van der Waals surface area (Å²) in [7, 11) is 1.62. The molecule has 6 heteroatoms. The van der Waals surface area contributed by atoms with Crippen LogP contribution in [0.5, 0.6) is 0 Å². The standard InChI is InChI=1S/C16H21FN4O/c1-12(5-6-18)20(2)16(22)19-14-9-13(17)10-15(11-14)21-7-3-4-8-21/h9-12H,3-5,7-8H2,1-2H3,(H,19,22). The number of rotatable bonds is 4. The smallest absolute Gasteiger partial charge is 0.321 e. The Morgan fingerprint density at radius 2 is 2.14 bits per heavy atom. The first-order valence-corrected chi connectivity index (χ1v) is 7.47. The maximum absolute atomic E-state index is 13.8. The maximum Gasteiger partial charge on any atom is 0.321 e. The van der Waals surface area contributed by atoms with Gasteiger partial charge in [0.05, 0.1) is 12.5 Å². The average Bonchev–Trinajstić information content (AvgIpc) is 3.00. The van der Waals surface area contributed by atoms with Crippen molar-refractivity contribution < 1.29 is 9.18 Å². The minimum absolute atomic E-state index is 0.198. The summed E-state index contributed by atoms with van der Waals surface area (Å²) in [5.74, 6) is -0.368. The van der Waals surface area contributed by atoms with Crippen LogP contribution in [0.3, 0.4) is 0 Å². The summed E-state index contributed by atoms with van der Waals surface area (Å²) in [6.07, 6.45) is 2.46. The van der Waals surface area contributed by atoms with Gasteiger partial charge in [0.1, 0.15) is 5.82 Å². The van der Waals surface area contributed by atoms with E-state index < -0.39 is 0 Å². The van der Waals surface area contributed by atoms with E-state index in [0.717, 1.165) is 31.6 Å². The summed E-state index contributed by atoms with van der Waals surface area (Å²) in [6, 6.07) is 6.07. The summed E-state index contributed by atoms with van der Waals surface area (Å²) in [5.41, 5.74) is 1.23. The Morgan fingerprint density at radius 3 is 2.77 bits per heavy atom. The molecule has 0 spiro atoms. The molecule has 1 aromatic carbocycles. The highest BCUT2D eigenvalue weighted by atomic mass is 19.1. The molecular formula is C16H21FN4O. The van der Waals surface area contributed by atoms with Crippen molar-refractivity contribution in [2.24, 2.45) is 0 Å².